The number of hydrogen-bond acceptors (Lipinski definition) is 15. The van der Waals surface area contributed by atoms with Crippen molar-refractivity contribution >= 4 is 101 Å². The van der Waals surface area contributed by atoms with Crippen LogP contribution in [0.4, 0.5) is 16.5 Å². The van der Waals surface area contributed by atoms with Crippen LogP contribution in [0.15, 0.2) is 60.1 Å². The lowest BCUT2D eigenvalue weighted by Crippen LogP contribution is -2.06. The summed E-state index contributed by atoms with van der Waals surface area (Å²) < 4.78 is 137. The number of nitrogens with zero attached hydrogens (tertiary/aromatic N) is 3. The number of benzene rings is 3. The Kier molecular flexibility index (Phi) is 9.29. The van der Waals surface area contributed by atoms with Crippen LogP contribution in [0.5, 0.6) is 5.75 Å². The summed E-state index contributed by atoms with van der Waals surface area (Å²) in [4.78, 5) is 1.60. The molecule has 238 valence electrons. The molecule has 0 saturated heterocycles. The van der Waals surface area contributed by atoms with Crippen molar-refractivity contribution in [2.75, 3.05) is 24.3 Å². The maximum Gasteiger partial charge on any atom is 0.296 e. The Morgan fingerprint density at radius 2 is 1.52 bits per heavy atom. The molecule has 4 aromatic rings. The largest absolute Gasteiger partial charge is 0.494 e. The summed E-state index contributed by atoms with van der Waals surface area (Å²) in [5.74, 6) is -0.0556. The van der Waals surface area contributed by atoms with Gasteiger partial charge in [0.05, 0.1) is 22.5 Å². The van der Waals surface area contributed by atoms with Crippen molar-refractivity contribution in [3.8, 4) is 5.75 Å². The van der Waals surface area contributed by atoms with Gasteiger partial charge in [-0.15, -0.1) is 22.0 Å². The number of hydrogen-bond donors (Lipinski definition) is 5. The first-order valence-electron chi connectivity index (χ1n) is 11.5. The monoisotopic (exact) mass is 728 g/mol. The number of nitrogens with two attached hydrogens (primary N) is 1. The molecule has 1 aromatic heterocycles. The van der Waals surface area contributed by atoms with Gasteiger partial charge in [-0.2, -0.15) is 33.7 Å². The van der Waals surface area contributed by atoms with Crippen molar-refractivity contribution in [1.29, 1.82) is 0 Å². The van der Waals surface area contributed by atoms with Crippen LogP contribution in [-0.2, 0) is 40.5 Å². The van der Waals surface area contributed by atoms with E-state index >= 15 is 0 Å². The first-order valence-corrected chi connectivity index (χ1v) is 19.2. The zero-order valence-electron chi connectivity index (χ0n) is 21.8. The van der Waals surface area contributed by atoms with Crippen LogP contribution in [0.1, 0.15) is 6.42 Å². The first kappa shape index (κ1) is 33.9. The standard InChI is InChI=1S/C21H20N4O13S6/c1-38-15-8-13(22)16(39-3-2-4-41(26,27)28)9-14(15)24-25-21-23-19-18(44(35,36)37)7-11-12(20(19)40-21)5-10(42(29,30)31)6-17(11)43(32,33)34/h5-9H,2-4,22H2,1H3,(H,26,27,28)(H,29,30,31)(H,32,33,34)(H,35,36,37). The molecule has 44 heavy (non-hydrogen) atoms. The minimum absolute atomic E-state index is 0.0976. The highest BCUT2D eigenvalue weighted by atomic mass is 32.2. The van der Waals surface area contributed by atoms with Crippen LogP contribution in [0.25, 0.3) is 21.0 Å². The lowest BCUT2D eigenvalue weighted by molar-refractivity contribution is 0.416. The summed E-state index contributed by atoms with van der Waals surface area (Å²) in [6.07, 6.45) is 0.111. The molecule has 0 aliphatic heterocycles. The summed E-state index contributed by atoms with van der Waals surface area (Å²) >= 11 is 1.76. The van der Waals surface area contributed by atoms with Crippen molar-refractivity contribution in [3.05, 3.63) is 30.3 Å². The van der Waals surface area contributed by atoms with E-state index in [1.54, 1.807) is 0 Å². The van der Waals surface area contributed by atoms with E-state index in [1.807, 2.05) is 0 Å². The van der Waals surface area contributed by atoms with E-state index in [2.05, 4.69) is 15.2 Å². The predicted octanol–water partition coefficient (Wildman–Crippen LogP) is 3.57. The summed E-state index contributed by atoms with van der Waals surface area (Å²) in [6, 6.07) is 4.77. The van der Waals surface area contributed by atoms with E-state index < -0.39 is 71.8 Å². The van der Waals surface area contributed by atoms with Gasteiger partial charge in [0.15, 0.2) is 0 Å². The Morgan fingerprint density at radius 1 is 0.864 bits per heavy atom. The Hall–Kier alpha value is -3.00. The number of anilines is 1. The van der Waals surface area contributed by atoms with Crippen LogP contribution < -0.4 is 10.5 Å². The topological polar surface area (TPSA) is 290 Å². The number of aromatic nitrogens is 1. The summed E-state index contributed by atoms with van der Waals surface area (Å²) in [7, 11) is -18.1. The molecule has 0 fully saturated rings. The summed E-state index contributed by atoms with van der Waals surface area (Å²) in [6.45, 7) is 0. The highest BCUT2D eigenvalue weighted by Crippen LogP contribution is 2.43. The Labute approximate surface area is 258 Å². The molecule has 0 unspecified atom stereocenters. The van der Waals surface area contributed by atoms with E-state index in [9.17, 15) is 47.3 Å². The van der Waals surface area contributed by atoms with Crippen molar-refractivity contribution in [2.45, 2.75) is 26.0 Å². The molecular weight excluding hydrogens is 709 g/mol. The fourth-order valence-electron chi connectivity index (χ4n) is 3.85. The van der Waals surface area contributed by atoms with Gasteiger partial charge in [-0.25, -0.2) is 4.98 Å². The van der Waals surface area contributed by atoms with Crippen molar-refractivity contribution in [1.82, 2.24) is 4.98 Å². The van der Waals surface area contributed by atoms with E-state index in [0.717, 1.165) is 17.8 Å². The summed E-state index contributed by atoms with van der Waals surface area (Å²) in [5, 5.41) is 6.98. The minimum Gasteiger partial charge on any atom is -0.494 e. The zero-order chi connectivity index (χ0) is 32.8. The first-order chi connectivity index (χ1) is 20.2. The third kappa shape index (κ3) is 7.61. The van der Waals surface area contributed by atoms with E-state index in [-0.39, 0.29) is 44.5 Å². The second kappa shape index (κ2) is 12.1. The smallest absolute Gasteiger partial charge is 0.296 e. The predicted molar refractivity (Wildman–Crippen MR) is 160 cm³/mol. The Bertz CT molecular complexity index is 2280. The Morgan fingerprint density at radius 3 is 2.09 bits per heavy atom. The lowest BCUT2D eigenvalue weighted by atomic mass is 10.1. The van der Waals surface area contributed by atoms with Crippen LogP contribution >= 0.6 is 23.1 Å². The molecule has 4 rings (SSSR count). The third-order valence-electron chi connectivity index (χ3n) is 5.70. The molecule has 0 radical (unpaired) electrons. The molecule has 0 atom stereocenters. The molecule has 0 amide bonds. The van der Waals surface area contributed by atoms with Crippen LogP contribution in [0, 0.1) is 0 Å². The van der Waals surface area contributed by atoms with Crippen molar-refractivity contribution < 1.29 is 56.6 Å². The van der Waals surface area contributed by atoms with Gasteiger partial charge in [0, 0.05) is 27.4 Å². The number of azo groups is 1. The number of fused-ring (bicyclic) bond motifs is 3. The maximum atomic E-state index is 12.2. The lowest BCUT2D eigenvalue weighted by Gasteiger charge is -2.10. The molecule has 0 spiro atoms. The number of thioether (sulfide) groups is 1. The highest BCUT2D eigenvalue weighted by Gasteiger charge is 2.27. The third-order valence-corrected chi connectivity index (χ3v) is 11.2. The van der Waals surface area contributed by atoms with Gasteiger partial charge in [-0.1, -0.05) is 11.3 Å². The molecule has 3 aromatic carbocycles. The molecule has 1 heterocycles. The van der Waals surface area contributed by atoms with Gasteiger partial charge in [-0.3, -0.25) is 18.2 Å². The molecule has 0 aliphatic rings. The average molecular weight is 729 g/mol. The fourth-order valence-corrected chi connectivity index (χ4v) is 8.46. The van der Waals surface area contributed by atoms with Crippen LogP contribution in [0.2, 0.25) is 0 Å². The van der Waals surface area contributed by atoms with Crippen LogP contribution in [-0.4, -0.2) is 75.5 Å². The molecule has 23 heteroatoms. The van der Waals surface area contributed by atoms with Gasteiger partial charge >= 0.3 is 0 Å². The fraction of sp³-hybridized carbons (Fsp3) is 0.190. The number of nitrogen functional groups attached to an aromatic ring is 1. The van der Waals surface area contributed by atoms with Gasteiger partial charge in [0.1, 0.15) is 26.7 Å². The molecule has 0 saturated carbocycles. The van der Waals surface area contributed by atoms with Gasteiger partial charge in [0.25, 0.3) is 40.5 Å². The second-order valence-electron chi connectivity index (χ2n) is 8.74. The van der Waals surface area contributed by atoms with Crippen molar-refractivity contribution in [3.63, 3.8) is 0 Å². The van der Waals surface area contributed by atoms with Gasteiger partial charge < -0.3 is 10.5 Å². The van der Waals surface area contributed by atoms with Crippen molar-refractivity contribution in [2.24, 2.45) is 10.2 Å². The second-order valence-corrected chi connectivity index (χ2v) is 16.6. The zero-order valence-corrected chi connectivity index (χ0v) is 26.7. The van der Waals surface area contributed by atoms with Gasteiger partial charge in [0.2, 0.25) is 5.13 Å². The van der Waals surface area contributed by atoms with E-state index in [1.165, 1.54) is 19.2 Å². The number of rotatable bonds is 11. The van der Waals surface area contributed by atoms with Gasteiger partial charge in [-0.05, 0) is 36.4 Å². The molecule has 6 N–H and O–H groups in total. The van der Waals surface area contributed by atoms with E-state index in [0.29, 0.717) is 28.4 Å². The maximum absolute atomic E-state index is 12.2. The Balaban J connectivity index is 1.89. The number of methoxy groups -OCH3 is 1. The normalized spacial score (nSPS) is 13.3. The molecule has 0 aliphatic carbocycles. The number of thiazole rings is 1. The molecule has 0 bridgehead atoms. The quantitative estimate of drug-likeness (QED) is 0.0485. The SMILES string of the molecule is COc1cc(N)c(SCCCS(=O)(=O)O)cc1N=Nc1nc2c(S(=O)(=O)O)cc3c(S(=O)(=O)O)cc(S(=O)(=O)O)cc3c2s1. The molecular formula is C21H20N4O13S6. The highest BCUT2D eigenvalue weighted by molar-refractivity contribution is 7.99. The van der Waals surface area contributed by atoms with E-state index in [4.69, 9.17) is 15.0 Å². The average Bonchev–Trinajstić information content (AvgIpc) is 3.31. The minimum atomic E-state index is -5.19. The number of ether oxygens (including phenoxy) is 1. The van der Waals surface area contributed by atoms with Crippen LogP contribution in [0.3, 0.4) is 0 Å². The summed E-state index contributed by atoms with van der Waals surface area (Å²) in [5.41, 5.74) is 5.94. The molecule has 17 nitrogen and oxygen atoms in total.